The number of halogens is 2. The summed E-state index contributed by atoms with van der Waals surface area (Å²) < 4.78 is 0. The largest absolute Gasteiger partial charge is 0.508 e. The molecule has 0 amide bonds. The van der Waals surface area contributed by atoms with Crippen molar-refractivity contribution in [2.45, 2.75) is 19.3 Å². The second-order valence-corrected chi connectivity index (χ2v) is 5.96. The van der Waals surface area contributed by atoms with Crippen molar-refractivity contribution in [2.24, 2.45) is 0 Å². The quantitative estimate of drug-likeness (QED) is 0.601. The minimum atomic E-state index is 0.171. The van der Waals surface area contributed by atoms with Gasteiger partial charge in [-0.3, -0.25) is 0 Å². The third kappa shape index (κ3) is 5.66. The first-order valence-electron chi connectivity index (χ1n) is 7.36. The Bertz CT molecular complexity index is 660. The predicted octanol–water partition coefficient (Wildman–Crippen LogP) is 6.30. The fourth-order valence-electron chi connectivity index (χ4n) is 2.08. The zero-order valence-electron chi connectivity index (χ0n) is 12.5. The van der Waals surface area contributed by atoms with Crippen LogP contribution in [0.2, 0.25) is 10.0 Å². The van der Waals surface area contributed by atoms with E-state index in [1.807, 2.05) is 12.2 Å². The molecule has 23 heavy (non-hydrogen) atoms. The Kier molecular flexibility index (Phi) is 6.57. The Morgan fingerprint density at radius 3 is 1.57 bits per heavy atom. The number of benzene rings is 2. The molecule has 2 aromatic rings. The number of hydrogen-bond donors (Lipinski definition) is 2. The Morgan fingerprint density at radius 2 is 1.17 bits per heavy atom. The van der Waals surface area contributed by atoms with Gasteiger partial charge in [-0.25, -0.2) is 0 Å². The van der Waals surface area contributed by atoms with Crippen molar-refractivity contribution in [1.82, 2.24) is 0 Å². The maximum absolute atomic E-state index is 9.30. The minimum absolute atomic E-state index is 0.171. The zero-order chi connectivity index (χ0) is 16.7. The average Bonchev–Trinajstić information content (AvgIpc) is 2.50. The highest BCUT2D eigenvalue weighted by atomic mass is 35.5. The van der Waals surface area contributed by atoms with Crippen molar-refractivity contribution in [3.05, 3.63) is 69.7 Å². The fraction of sp³-hybridized carbons (Fsp3) is 0.158. The molecule has 0 saturated heterocycles. The minimum Gasteiger partial charge on any atom is -0.508 e. The maximum atomic E-state index is 9.30. The van der Waals surface area contributed by atoms with Crippen LogP contribution in [0.25, 0.3) is 12.2 Å². The molecule has 2 N–H and O–H groups in total. The third-order valence-corrected chi connectivity index (χ3v) is 3.96. The fourth-order valence-corrected chi connectivity index (χ4v) is 2.55. The molecule has 0 aromatic heterocycles. The monoisotopic (exact) mass is 348 g/mol. The molecule has 2 aromatic carbocycles. The van der Waals surface area contributed by atoms with E-state index in [9.17, 15) is 10.2 Å². The van der Waals surface area contributed by atoms with Crippen molar-refractivity contribution in [3.8, 4) is 11.5 Å². The van der Waals surface area contributed by atoms with Crippen molar-refractivity contribution in [2.75, 3.05) is 0 Å². The standard InChI is InChI=1S/C19H18Cl2O2/c20-18-12-16(22)10-8-14(18)6-4-2-1-3-5-7-15-9-11-17(23)13-19(15)21/h4-13,22-23H,1-3H2/b6-4+,7-5+. The van der Waals surface area contributed by atoms with Gasteiger partial charge in [0.2, 0.25) is 0 Å². The lowest BCUT2D eigenvalue weighted by Crippen LogP contribution is -1.76. The highest BCUT2D eigenvalue weighted by Gasteiger charge is 1.98. The molecule has 0 unspecified atom stereocenters. The summed E-state index contributed by atoms with van der Waals surface area (Å²) in [6.45, 7) is 0. The second-order valence-electron chi connectivity index (χ2n) is 5.15. The number of rotatable bonds is 6. The van der Waals surface area contributed by atoms with Crippen LogP contribution in [0.1, 0.15) is 30.4 Å². The zero-order valence-corrected chi connectivity index (χ0v) is 14.1. The van der Waals surface area contributed by atoms with E-state index in [0.717, 1.165) is 30.4 Å². The Morgan fingerprint density at radius 1 is 0.739 bits per heavy atom. The van der Waals surface area contributed by atoms with E-state index >= 15 is 0 Å². The molecule has 0 fully saturated rings. The lowest BCUT2D eigenvalue weighted by Gasteiger charge is -1.99. The van der Waals surface area contributed by atoms with Crippen LogP contribution in [0.15, 0.2) is 48.6 Å². The van der Waals surface area contributed by atoms with Crippen LogP contribution in [-0.4, -0.2) is 10.2 Å². The maximum Gasteiger partial charge on any atom is 0.117 e. The number of phenols is 2. The number of allylic oxidation sites excluding steroid dienone is 2. The molecule has 120 valence electrons. The van der Waals surface area contributed by atoms with Gasteiger partial charge in [0.15, 0.2) is 0 Å². The van der Waals surface area contributed by atoms with E-state index in [1.54, 1.807) is 24.3 Å². The van der Waals surface area contributed by atoms with Crippen LogP contribution in [0.5, 0.6) is 11.5 Å². The van der Waals surface area contributed by atoms with Gasteiger partial charge in [0.1, 0.15) is 11.5 Å². The Hall–Kier alpha value is -1.90. The van der Waals surface area contributed by atoms with Crippen LogP contribution in [0.3, 0.4) is 0 Å². The summed E-state index contributed by atoms with van der Waals surface area (Å²) in [4.78, 5) is 0. The number of aromatic hydroxyl groups is 2. The first-order valence-corrected chi connectivity index (χ1v) is 8.12. The van der Waals surface area contributed by atoms with Crippen LogP contribution in [0.4, 0.5) is 0 Å². The molecule has 2 nitrogen and oxygen atoms in total. The van der Waals surface area contributed by atoms with Gasteiger partial charge < -0.3 is 10.2 Å². The lowest BCUT2D eigenvalue weighted by atomic mass is 10.1. The smallest absolute Gasteiger partial charge is 0.117 e. The second kappa shape index (κ2) is 8.66. The van der Waals surface area contributed by atoms with Crippen LogP contribution in [0, 0.1) is 0 Å². The van der Waals surface area contributed by atoms with Crippen LogP contribution in [-0.2, 0) is 0 Å². The summed E-state index contributed by atoms with van der Waals surface area (Å²) in [5, 5.41) is 19.7. The molecular formula is C19H18Cl2O2. The normalized spacial score (nSPS) is 11.6. The molecule has 0 saturated carbocycles. The molecule has 0 atom stereocenters. The number of unbranched alkanes of at least 4 members (excludes halogenated alkanes) is 2. The van der Waals surface area contributed by atoms with Gasteiger partial charge >= 0.3 is 0 Å². The van der Waals surface area contributed by atoms with Crippen molar-refractivity contribution in [3.63, 3.8) is 0 Å². The predicted molar refractivity (Wildman–Crippen MR) is 98.2 cm³/mol. The molecule has 2 rings (SSSR count). The lowest BCUT2D eigenvalue weighted by molar-refractivity contribution is 0.475. The molecule has 0 heterocycles. The van der Waals surface area contributed by atoms with E-state index in [1.165, 1.54) is 12.1 Å². The molecule has 0 aliphatic carbocycles. The molecule has 0 bridgehead atoms. The summed E-state index contributed by atoms with van der Waals surface area (Å²) in [5.74, 6) is 0.343. The highest BCUT2D eigenvalue weighted by Crippen LogP contribution is 2.24. The van der Waals surface area contributed by atoms with E-state index in [-0.39, 0.29) is 11.5 Å². The van der Waals surface area contributed by atoms with Gasteiger partial charge in [0.25, 0.3) is 0 Å². The van der Waals surface area contributed by atoms with Gasteiger partial charge in [0, 0.05) is 0 Å². The first kappa shape index (κ1) is 17.5. The average molecular weight is 349 g/mol. The SMILES string of the molecule is Oc1ccc(/C=C/CCC/C=C/c2ccc(O)cc2Cl)c(Cl)c1. The van der Waals surface area contributed by atoms with E-state index in [2.05, 4.69) is 12.2 Å². The molecular weight excluding hydrogens is 331 g/mol. The van der Waals surface area contributed by atoms with E-state index < -0.39 is 0 Å². The summed E-state index contributed by atoms with van der Waals surface area (Å²) >= 11 is 12.1. The summed E-state index contributed by atoms with van der Waals surface area (Å²) in [6.07, 6.45) is 10.9. The van der Waals surface area contributed by atoms with Crippen LogP contribution < -0.4 is 0 Å². The molecule has 0 aliphatic heterocycles. The summed E-state index contributed by atoms with van der Waals surface area (Å²) in [5.41, 5.74) is 1.80. The van der Waals surface area contributed by atoms with Crippen LogP contribution >= 0.6 is 23.2 Å². The molecule has 0 radical (unpaired) electrons. The van der Waals surface area contributed by atoms with Crippen molar-refractivity contribution >= 4 is 35.4 Å². The topological polar surface area (TPSA) is 40.5 Å². The Balaban J connectivity index is 1.77. The summed E-state index contributed by atoms with van der Waals surface area (Å²) in [6, 6.07) is 9.89. The first-order chi connectivity index (χ1) is 11.1. The van der Waals surface area contributed by atoms with Gasteiger partial charge in [-0.2, -0.15) is 0 Å². The van der Waals surface area contributed by atoms with Crippen molar-refractivity contribution < 1.29 is 10.2 Å². The van der Waals surface area contributed by atoms with Gasteiger partial charge in [0.05, 0.1) is 10.0 Å². The van der Waals surface area contributed by atoms with Gasteiger partial charge in [-0.15, -0.1) is 0 Å². The molecule has 0 spiro atoms. The van der Waals surface area contributed by atoms with E-state index in [0.29, 0.717) is 10.0 Å². The van der Waals surface area contributed by atoms with E-state index in [4.69, 9.17) is 23.2 Å². The number of hydrogen-bond acceptors (Lipinski definition) is 2. The molecule has 0 aliphatic rings. The third-order valence-electron chi connectivity index (χ3n) is 3.30. The van der Waals surface area contributed by atoms with Gasteiger partial charge in [-0.05, 0) is 66.8 Å². The highest BCUT2D eigenvalue weighted by molar-refractivity contribution is 6.32. The van der Waals surface area contributed by atoms with Gasteiger partial charge in [-0.1, -0.05) is 47.5 Å². The summed E-state index contributed by atoms with van der Waals surface area (Å²) in [7, 11) is 0. The Labute approximate surface area is 146 Å². The number of phenolic OH excluding ortho intramolecular Hbond substituents is 2. The molecule has 4 heteroatoms. The van der Waals surface area contributed by atoms with Crippen molar-refractivity contribution in [1.29, 1.82) is 0 Å².